The first kappa shape index (κ1) is 18.6. The first-order chi connectivity index (χ1) is 14.1. The fourth-order valence-electron chi connectivity index (χ4n) is 2.99. The lowest BCUT2D eigenvalue weighted by Crippen LogP contribution is -2.24. The molecule has 1 amide bonds. The van der Waals surface area contributed by atoms with Gasteiger partial charge in [0.1, 0.15) is 5.82 Å². The van der Waals surface area contributed by atoms with Crippen molar-refractivity contribution in [1.29, 1.82) is 0 Å². The van der Waals surface area contributed by atoms with E-state index in [2.05, 4.69) is 15.4 Å². The Hall–Kier alpha value is -3.80. The van der Waals surface area contributed by atoms with Crippen LogP contribution in [0.25, 0.3) is 17.1 Å². The molecule has 0 spiro atoms. The molecule has 4 aromatic rings. The van der Waals surface area contributed by atoms with Crippen LogP contribution in [0.4, 0.5) is 4.39 Å². The van der Waals surface area contributed by atoms with Gasteiger partial charge in [0, 0.05) is 12.1 Å². The van der Waals surface area contributed by atoms with Gasteiger partial charge in [-0.25, -0.2) is 14.1 Å². The molecule has 0 atom stereocenters. The number of amides is 1. The van der Waals surface area contributed by atoms with Gasteiger partial charge in [-0.05, 0) is 54.4 Å². The number of carbonyl (C=O) groups is 1. The molecule has 0 bridgehead atoms. The first-order valence-electron chi connectivity index (χ1n) is 9.22. The maximum Gasteiger partial charge on any atom is 0.291 e. The lowest BCUT2D eigenvalue weighted by molar-refractivity contribution is 0.0940. The fourth-order valence-corrected chi connectivity index (χ4v) is 2.99. The molecule has 0 saturated carbocycles. The quantitative estimate of drug-likeness (QED) is 0.556. The average Bonchev–Trinajstić information content (AvgIpc) is 3.19. The molecule has 0 unspecified atom stereocenters. The number of halogens is 1. The summed E-state index contributed by atoms with van der Waals surface area (Å²) in [7, 11) is 0. The maximum atomic E-state index is 13.4. The zero-order chi connectivity index (χ0) is 20.2. The van der Waals surface area contributed by atoms with Crippen molar-refractivity contribution >= 4 is 5.91 Å². The van der Waals surface area contributed by atoms with Crippen LogP contribution >= 0.6 is 0 Å². The number of carbonyl (C=O) groups excluding carboxylic acids is 1. The molecule has 0 aliphatic rings. The predicted molar refractivity (Wildman–Crippen MR) is 109 cm³/mol. The van der Waals surface area contributed by atoms with Gasteiger partial charge >= 0.3 is 0 Å². The summed E-state index contributed by atoms with van der Waals surface area (Å²) < 4.78 is 15.0. The number of rotatable bonds is 5. The Morgan fingerprint density at radius 1 is 1.00 bits per heavy atom. The molecule has 0 saturated heterocycles. The van der Waals surface area contributed by atoms with E-state index in [9.17, 15) is 9.18 Å². The molecule has 3 aromatic carbocycles. The van der Waals surface area contributed by atoms with E-state index in [0.717, 1.165) is 16.8 Å². The van der Waals surface area contributed by atoms with Crippen molar-refractivity contribution < 1.29 is 9.18 Å². The van der Waals surface area contributed by atoms with Crippen LogP contribution in [0.2, 0.25) is 0 Å². The van der Waals surface area contributed by atoms with Gasteiger partial charge in [0.2, 0.25) is 5.82 Å². The van der Waals surface area contributed by atoms with E-state index in [4.69, 9.17) is 0 Å². The number of hydrogen-bond donors (Lipinski definition) is 1. The molecule has 1 heterocycles. The second kappa shape index (κ2) is 8.06. The first-order valence-corrected chi connectivity index (χ1v) is 9.22. The zero-order valence-electron chi connectivity index (χ0n) is 15.8. The molecule has 6 heteroatoms. The number of aromatic nitrogens is 3. The van der Waals surface area contributed by atoms with Crippen LogP contribution in [0.1, 0.15) is 21.7 Å². The van der Waals surface area contributed by atoms with E-state index in [1.165, 1.54) is 12.1 Å². The maximum absolute atomic E-state index is 13.4. The van der Waals surface area contributed by atoms with Gasteiger partial charge < -0.3 is 5.32 Å². The summed E-state index contributed by atoms with van der Waals surface area (Å²) in [5, 5.41) is 7.27. The summed E-state index contributed by atoms with van der Waals surface area (Å²) >= 11 is 0. The highest BCUT2D eigenvalue weighted by Crippen LogP contribution is 2.22. The van der Waals surface area contributed by atoms with Crippen LogP contribution in [0, 0.1) is 12.7 Å². The zero-order valence-corrected chi connectivity index (χ0v) is 15.8. The number of hydrogen-bond acceptors (Lipinski definition) is 3. The third-order valence-corrected chi connectivity index (χ3v) is 4.45. The van der Waals surface area contributed by atoms with Gasteiger partial charge in [-0.3, -0.25) is 4.79 Å². The normalized spacial score (nSPS) is 10.7. The monoisotopic (exact) mass is 386 g/mol. The van der Waals surface area contributed by atoms with Crippen LogP contribution in [-0.2, 0) is 6.54 Å². The molecule has 0 aliphatic heterocycles. The standard InChI is InChI=1S/C23H19FN4O/c1-16-6-5-9-20(14-16)28-22(18-10-12-19(24)13-11-18)26-21(27-28)23(29)25-15-17-7-3-2-4-8-17/h2-14H,15H2,1H3,(H,25,29). The van der Waals surface area contributed by atoms with E-state index in [-0.39, 0.29) is 17.5 Å². The van der Waals surface area contributed by atoms with Gasteiger partial charge in [0.05, 0.1) is 5.69 Å². The molecule has 1 N–H and O–H groups in total. The smallest absolute Gasteiger partial charge is 0.291 e. The van der Waals surface area contributed by atoms with Crippen molar-refractivity contribution in [2.45, 2.75) is 13.5 Å². The second-order valence-electron chi connectivity index (χ2n) is 6.68. The van der Waals surface area contributed by atoms with Gasteiger partial charge in [0.15, 0.2) is 5.82 Å². The Morgan fingerprint density at radius 3 is 2.48 bits per heavy atom. The van der Waals surface area contributed by atoms with Crippen molar-refractivity contribution in [3.8, 4) is 17.1 Å². The van der Waals surface area contributed by atoms with Gasteiger partial charge in [-0.1, -0.05) is 42.5 Å². The predicted octanol–water partition coefficient (Wildman–Crippen LogP) is 4.31. The fraction of sp³-hybridized carbons (Fsp3) is 0.0870. The summed E-state index contributed by atoms with van der Waals surface area (Å²) in [6, 6.07) is 23.3. The largest absolute Gasteiger partial charge is 0.345 e. The topological polar surface area (TPSA) is 59.8 Å². The third kappa shape index (κ3) is 4.21. The van der Waals surface area contributed by atoms with E-state index in [1.807, 2.05) is 61.5 Å². The van der Waals surface area contributed by atoms with Crippen LogP contribution in [0.15, 0.2) is 78.9 Å². The molecular weight excluding hydrogens is 367 g/mol. The van der Waals surface area contributed by atoms with Crippen molar-refractivity contribution in [2.75, 3.05) is 0 Å². The summed E-state index contributed by atoms with van der Waals surface area (Å²) in [4.78, 5) is 17.1. The highest BCUT2D eigenvalue weighted by Gasteiger charge is 2.19. The van der Waals surface area contributed by atoms with Crippen molar-refractivity contribution in [3.63, 3.8) is 0 Å². The molecule has 1 aromatic heterocycles. The van der Waals surface area contributed by atoms with Crippen LogP contribution in [-0.4, -0.2) is 20.7 Å². The third-order valence-electron chi connectivity index (χ3n) is 4.45. The minimum Gasteiger partial charge on any atom is -0.345 e. The average molecular weight is 386 g/mol. The van der Waals surface area contributed by atoms with E-state index in [0.29, 0.717) is 17.9 Å². The summed E-state index contributed by atoms with van der Waals surface area (Å²) in [5.74, 6) is -0.179. The highest BCUT2D eigenvalue weighted by atomic mass is 19.1. The van der Waals surface area contributed by atoms with E-state index >= 15 is 0 Å². The Bertz CT molecular complexity index is 1140. The number of benzene rings is 3. The van der Waals surface area contributed by atoms with Crippen molar-refractivity contribution in [3.05, 3.63) is 102 Å². The van der Waals surface area contributed by atoms with Gasteiger partial charge in [-0.2, -0.15) is 0 Å². The Morgan fingerprint density at radius 2 is 1.76 bits per heavy atom. The molecule has 4 rings (SSSR count). The summed E-state index contributed by atoms with van der Waals surface area (Å²) in [6.07, 6.45) is 0. The van der Waals surface area contributed by atoms with Gasteiger partial charge in [0.25, 0.3) is 5.91 Å². The lowest BCUT2D eigenvalue weighted by atomic mass is 10.2. The minimum absolute atomic E-state index is 0.0572. The molecule has 5 nitrogen and oxygen atoms in total. The summed E-state index contributed by atoms with van der Waals surface area (Å²) in [6.45, 7) is 2.36. The molecular formula is C23H19FN4O. The SMILES string of the molecule is Cc1cccc(-n2nc(C(=O)NCc3ccccc3)nc2-c2ccc(F)cc2)c1. The molecule has 29 heavy (non-hydrogen) atoms. The molecule has 144 valence electrons. The Kier molecular flexibility index (Phi) is 5.16. The summed E-state index contributed by atoms with van der Waals surface area (Å²) in [5.41, 5.74) is 3.48. The molecule has 0 radical (unpaired) electrons. The second-order valence-corrected chi connectivity index (χ2v) is 6.68. The van der Waals surface area contributed by atoms with Crippen molar-refractivity contribution in [2.24, 2.45) is 0 Å². The van der Waals surface area contributed by atoms with Gasteiger partial charge in [-0.15, -0.1) is 5.10 Å². The number of nitrogens with zero attached hydrogens (tertiary/aromatic N) is 3. The number of aryl methyl sites for hydroxylation is 1. The Labute approximate surface area is 167 Å². The highest BCUT2D eigenvalue weighted by molar-refractivity contribution is 5.91. The minimum atomic E-state index is -0.372. The van der Waals surface area contributed by atoms with E-state index in [1.54, 1.807) is 16.8 Å². The van der Waals surface area contributed by atoms with E-state index < -0.39 is 0 Å². The van der Waals surface area contributed by atoms with Crippen LogP contribution in [0.3, 0.4) is 0 Å². The molecule has 0 fully saturated rings. The van der Waals surface area contributed by atoms with Crippen molar-refractivity contribution in [1.82, 2.24) is 20.1 Å². The lowest BCUT2D eigenvalue weighted by Gasteiger charge is -2.06. The van der Waals surface area contributed by atoms with Crippen LogP contribution in [0.5, 0.6) is 0 Å². The van der Waals surface area contributed by atoms with Crippen LogP contribution < -0.4 is 5.32 Å². The Balaban J connectivity index is 1.69. The molecule has 0 aliphatic carbocycles. The number of nitrogens with one attached hydrogen (secondary N) is 1.